The van der Waals surface area contributed by atoms with Crippen molar-refractivity contribution in [1.29, 1.82) is 0 Å². The molecule has 0 aromatic heterocycles. The summed E-state index contributed by atoms with van der Waals surface area (Å²) in [6.07, 6.45) is 0.934. The average molecular weight is 176 g/mol. The highest BCUT2D eigenvalue weighted by molar-refractivity contribution is 4.52. The molecule has 0 rings (SSSR count). The van der Waals surface area contributed by atoms with Crippen LogP contribution in [-0.2, 0) is 0 Å². The van der Waals surface area contributed by atoms with Crippen molar-refractivity contribution in [2.45, 2.75) is 20.3 Å². The molecule has 0 saturated heterocycles. The molecule has 0 bridgehead atoms. The predicted molar refractivity (Wildman–Crippen MR) is 50.7 cm³/mol. The molecule has 2 nitrogen and oxygen atoms in total. The van der Waals surface area contributed by atoms with Crippen molar-refractivity contribution in [3.63, 3.8) is 0 Å². The van der Waals surface area contributed by atoms with Crippen LogP contribution in [0.15, 0.2) is 0 Å². The molecule has 0 fully saturated rings. The van der Waals surface area contributed by atoms with E-state index in [0.717, 1.165) is 18.1 Å². The Bertz CT molecular complexity index is 92.7. The fraction of sp³-hybridized carbons (Fsp3) is 1.00. The van der Waals surface area contributed by atoms with Crippen LogP contribution in [0.4, 0.5) is 4.48 Å². The Kier molecular flexibility index (Phi) is 6.30. The number of rotatable bonds is 6. The summed E-state index contributed by atoms with van der Waals surface area (Å²) in [5.41, 5.74) is 0. The lowest BCUT2D eigenvalue weighted by Crippen LogP contribution is -2.27. The largest absolute Gasteiger partial charge is 0.308 e. The van der Waals surface area contributed by atoms with Gasteiger partial charge < -0.3 is 4.90 Å². The van der Waals surface area contributed by atoms with Gasteiger partial charge in [0.25, 0.3) is 0 Å². The first-order valence-corrected chi connectivity index (χ1v) is 4.58. The molecule has 0 aromatic rings. The molecule has 0 spiro atoms. The monoisotopic (exact) mass is 176 g/mol. The Morgan fingerprint density at radius 2 is 1.67 bits per heavy atom. The number of hydrogen-bond donors (Lipinski definition) is 0. The Balaban J connectivity index is 3.27. The molecule has 0 N–H and O–H groups in total. The fourth-order valence-electron chi connectivity index (χ4n) is 0.819. The molecule has 0 amide bonds. The SMILES string of the molecule is CC(C)CCN(F)CCN(C)C. The minimum atomic E-state index is 0.514. The van der Waals surface area contributed by atoms with Gasteiger partial charge in [0.15, 0.2) is 0 Å². The van der Waals surface area contributed by atoms with Crippen LogP contribution >= 0.6 is 0 Å². The molecular weight excluding hydrogens is 155 g/mol. The lowest BCUT2D eigenvalue weighted by atomic mass is 10.1. The molecule has 0 atom stereocenters. The van der Waals surface area contributed by atoms with Gasteiger partial charge in [-0.1, -0.05) is 13.8 Å². The first-order chi connectivity index (χ1) is 5.52. The van der Waals surface area contributed by atoms with Gasteiger partial charge in [-0.2, -0.15) is 0 Å². The Labute approximate surface area is 75.3 Å². The van der Waals surface area contributed by atoms with Gasteiger partial charge in [0.1, 0.15) is 0 Å². The van der Waals surface area contributed by atoms with Gasteiger partial charge >= 0.3 is 0 Å². The second kappa shape index (κ2) is 6.38. The van der Waals surface area contributed by atoms with Gasteiger partial charge in [0.05, 0.1) is 0 Å². The molecule has 12 heavy (non-hydrogen) atoms. The Morgan fingerprint density at radius 3 is 2.08 bits per heavy atom. The van der Waals surface area contributed by atoms with Gasteiger partial charge in [-0.05, 0) is 26.4 Å². The Morgan fingerprint density at radius 1 is 1.08 bits per heavy atom. The van der Waals surface area contributed by atoms with E-state index in [1.54, 1.807) is 0 Å². The van der Waals surface area contributed by atoms with E-state index in [9.17, 15) is 4.48 Å². The summed E-state index contributed by atoms with van der Waals surface area (Å²) in [4.78, 5) is 1.99. The van der Waals surface area contributed by atoms with E-state index < -0.39 is 0 Å². The van der Waals surface area contributed by atoms with Crippen molar-refractivity contribution < 1.29 is 4.48 Å². The third-order valence-corrected chi connectivity index (χ3v) is 1.74. The Hall–Kier alpha value is -0.150. The summed E-state index contributed by atoms with van der Waals surface area (Å²) >= 11 is 0. The molecule has 0 aliphatic carbocycles. The van der Waals surface area contributed by atoms with Crippen LogP contribution in [-0.4, -0.2) is 43.8 Å². The van der Waals surface area contributed by atoms with Crippen molar-refractivity contribution >= 4 is 0 Å². The molecule has 74 valence electrons. The summed E-state index contributed by atoms with van der Waals surface area (Å²) in [7, 11) is 3.91. The van der Waals surface area contributed by atoms with Gasteiger partial charge in [0, 0.05) is 19.6 Å². The van der Waals surface area contributed by atoms with Crippen LogP contribution < -0.4 is 0 Å². The maximum atomic E-state index is 12.9. The van der Waals surface area contributed by atoms with E-state index in [-0.39, 0.29) is 0 Å². The van der Waals surface area contributed by atoms with Crippen molar-refractivity contribution in [3.8, 4) is 0 Å². The lowest BCUT2D eigenvalue weighted by molar-refractivity contribution is 0.0152. The van der Waals surface area contributed by atoms with E-state index in [1.165, 1.54) is 0 Å². The maximum Gasteiger partial charge on any atom is 0.0417 e. The second-order valence-corrected chi connectivity index (χ2v) is 3.90. The zero-order chi connectivity index (χ0) is 9.56. The number of hydrogen-bond acceptors (Lipinski definition) is 2. The number of halogens is 1. The van der Waals surface area contributed by atoms with Gasteiger partial charge in [-0.3, -0.25) is 0 Å². The van der Waals surface area contributed by atoms with Crippen molar-refractivity contribution in [1.82, 2.24) is 10.0 Å². The van der Waals surface area contributed by atoms with Crippen LogP contribution in [0, 0.1) is 5.92 Å². The smallest absolute Gasteiger partial charge is 0.0417 e. The van der Waals surface area contributed by atoms with Crippen molar-refractivity contribution in [3.05, 3.63) is 0 Å². The molecule has 0 heterocycles. The van der Waals surface area contributed by atoms with Crippen LogP contribution in [0.25, 0.3) is 0 Å². The molecule has 3 heteroatoms. The topological polar surface area (TPSA) is 6.48 Å². The first-order valence-electron chi connectivity index (χ1n) is 4.58. The highest BCUT2D eigenvalue weighted by atomic mass is 19.2. The quantitative estimate of drug-likeness (QED) is 0.569. The van der Waals surface area contributed by atoms with E-state index in [0.29, 0.717) is 19.0 Å². The summed E-state index contributed by atoms with van der Waals surface area (Å²) in [6, 6.07) is 0. The first kappa shape index (κ1) is 11.8. The number of likely N-dealkylation sites (N-methyl/N-ethyl adjacent to an activating group) is 1. The molecular formula is C9H21FN2. The highest BCUT2D eigenvalue weighted by Crippen LogP contribution is 2.01. The summed E-state index contributed by atoms with van der Waals surface area (Å²) < 4.78 is 12.9. The fourth-order valence-corrected chi connectivity index (χ4v) is 0.819. The predicted octanol–water partition coefficient (Wildman–Crippen LogP) is 1.78. The zero-order valence-electron chi connectivity index (χ0n) is 8.68. The van der Waals surface area contributed by atoms with Crippen molar-refractivity contribution in [2.75, 3.05) is 33.7 Å². The summed E-state index contributed by atoms with van der Waals surface area (Å²) in [5, 5.41) is 0.903. The third-order valence-electron chi connectivity index (χ3n) is 1.74. The molecule has 0 saturated carbocycles. The molecule has 0 aliphatic rings. The third kappa shape index (κ3) is 7.95. The second-order valence-electron chi connectivity index (χ2n) is 3.90. The lowest BCUT2D eigenvalue weighted by Gasteiger charge is -2.15. The van der Waals surface area contributed by atoms with Crippen molar-refractivity contribution in [2.24, 2.45) is 5.92 Å². The van der Waals surface area contributed by atoms with Crippen LogP contribution in [0.5, 0.6) is 0 Å². The van der Waals surface area contributed by atoms with E-state index in [4.69, 9.17) is 0 Å². The number of nitrogens with zero attached hydrogens (tertiary/aromatic N) is 2. The van der Waals surface area contributed by atoms with E-state index in [1.807, 2.05) is 19.0 Å². The molecule has 0 radical (unpaired) electrons. The average Bonchev–Trinajstić information content (AvgIpc) is 1.96. The molecule has 0 aromatic carbocycles. The van der Waals surface area contributed by atoms with Crippen LogP contribution in [0.1, 0.15) is 20.3 Å². The van der Waals surface area contributed by atoms with E-state index in [2.05, 4.69) is 13.8 Å². The maximum absolute atomic E-state index is 12.9. The van der Waals surface area contributed by atoms with Gasteiger partial charge in [0.2, 0.25) is 0 Å². The van der Waals surface area contributed by atoms with Gasteiger partial charge in [-0.15, -0.1) is 9.60 Å². The van der Waals surface area contributed by atoms with Crippen LogP contribution in [0.2, 0.25) is 0 Å². The minimum Gasteiger partial charge on any atom is -0.308 e. The van der Waals surface area contributed by atoms with E-state index >= 15 is 0 Å². The zero-order valence-corrected chi connectivity index (χ0v) is 8.68. The highest BCUT2D eigenvalue weighted by Gasteiger charge is 2.03. The molecule has 0 aliphatic heterocycles. The summed E-state index contributed by atoms with van der Waals surface area (Å²) in [6.45, 7) is 6.08. The minimum absolute atomic E-state index is 0.514. The van der Waals surface area contributed by atoms with Gasteiger partial charge in [-0.25, -0.2) is 0 Å². The molecule has 0 unspecified atom stereocenters. The summed E-state index contributed by atoms with van der Waals surface area (Å²) in [5.74, 6) is 0.586. The van der Waals surface area contributed by atoms with Crippen LogP contribution in [0.3, 0.4) is 0 Å². The normalized spacial score (nSPS) is 12.0. The standard InChI is InChI=1S/C9H21FN2/c1-9(2)5-6-12(10)8-7-11(3)4/h9H,5-8H2,1-4H3.